The van der Waals surface area contributed by atoms with Gasteiger partial charge in [-0.25, -0.2) is 0 Å². The lowest BCUT2D eigenvalue weighted by Gasteiger charge is -2.29. The first-order valence-electron chi connectivity index (χ1n) is 5.62. The van der Waals surface area contributed by atoms with Crippen LogP contribution in [0.25, 0.3) is 0 Å². The Balaban J connectivity index is 3.11. The van der Waals surface area contributed by atoms with Crippen molar-refractivity contribution >= 4 is 23.6 Å². The molecule has 0 heterocycles. The Morgan fingerprint density at radius 1 is 1.38 bits per heavy atom. The number of aldehydes is 1. The molecule has 16 heavy (non-hydrogen) atoms. The maximum Gasteiger partial charge on any atom is 0.153 e. The van der Waals surface area contributed by atoms with E-state index in [-0.39, 0.29) is 0 Å². The quantitative estimate of drug-likeness (QED) is 0.729. The molecule has 0 saturated heterocycles. The minimum atomic E-state index is 0.442. The predicted molar refractivity (Wildman–Crippen MR) is 69.6 cm³/mol. The molecule has 0 bridgehead atoms. The van der Waals surface area contributed by atoms with Crippen molar-refractivity contribution in [1.29, 1.82) is 0 Å². The van der Waals surface area contributed by atoms with Gasteiger partial charge in [-0.2, -0.15) is 0 Å². The van der Waals surface area contributed by atoms with Gasteiger partial charge in [0.25, 0.3) is 0 Å². The molecule has 0 atom stereocenters. The van der Waals surface area contributed by atoms with Crippen LogP contribution < -0.4 is 4.90 Å². The lowest BCUT2D eigenvalue weighted by molar-refractivity contribution is 0.112. The highest BCUT2D eigenvalue weighted by atomic mass is 35.5. The molecule has 0 fully saturated rings. The van der Waals surface area contributed by atoms with E-state index in [0.29, 0.717) is 16.6 Å². The Hall–Kier alpha value is -1.02. The molecule has 0 N–H and O–H groups in total. The molecule has 0 saturated carbocycles. The van der Waals surface area contributed by atoms with Crippen LogP contribution in [-0.4, -0.2) is 19.4 Å². The SMILES string of the molecule is CCC(CC)N(C)c1cccc(Cl)c1C=O. The van der Waals surface area contributed by atoms with Crippen LogP contribution in [0.15, 0.2) is 18.2 Å². The molecule has 0 amide bonds. The van der Waals surface area contributed by atoms with Crippen LogP contribution in [0.1, 0.15) is 37.0 Å². The standard InChI is InChI=1S/C13H18ClNO/c1-4-10(5-2)15(3)13-8-6-7-12(14)11(13)9-16/h6-10H,4-5H2,1-3H3. The minimum absolute atomic E-state index is 0.442. The monoisotopic (exact) mass is 239 g/mol. The van der Waals surface area contributed by atoms with Crippen LogP contribution in [0.2, 0.25) is 5.02 Å². The first-order valence-corrected chi connectivity index (χ1v) is 6.00. The van der Waals surface area contributed by atoms with Gasteiger partial charge in [-0.1, -0.05) is 31.5 Å². The summed E-state index contributed by atoms with van der Waals surface area (Å²) >= 11 is 6.01. The topological polar surface area (TPSA) is 20.3 Å². The van der Waals surface area contributed by atoms with Crippen LogP contribution >= 0.6 is 11.6 Å². The van der Waals surface area contributed by atoms with E-state index in [4.69, 9.17) is 11.6 Å². The zero-order valence-corrected chi connectivity index (χ0v) is 10.8. The second-order valence-corrected chi connectivity index (χ2v) is 4.28. The minimum Gasteiger partial charge on any atom is -0.371 e. The van der Waals surface area contributed by atoms with Crippen molar-refractivity contribution in [2.75, 3.05) is 11.9 Å². The van der Waals surface area contributed by atoms with Crippen molar-refractivity contribution in [3.05, 3.63) is 28.8 Å². The van der Waals surface area contributed by atoms with Crippen LogP contribution in [0.5, 0.6) is 0 Å². The Kier molecular flexibility index (Phi) is 4.81. The zero-order valence-electron chi connectivity index (χ0n) is 10.0. The van der Waals surface area contributed by atoms with Crippen molar-refractivity contribution in [2.45, 2.75) is 32.7 Å². The summed E-state index contributed by atoms with van der Waals surface area (Å²) in [6, 6.07) is 6.00. The summed E-state index contributed by atoms with van der Waals surface area (Å²) in [7, 11) is 2.01. The summed E-state index contributed by atoms with van der Waals surface area (Å²) < 4.78 is 0. The second kappa shape index (κ2) is 5.90. The van der Waals surface area contributed by atoms with Gasteiger partial charge < -0.3 is 4.90 Å². The number of hydrogen-bond acceptors (Lipinski definition) is 2. The molecule has 0 aliphatic carbocycles. The van der Waals surface area contributed by atoms with Crippen molar-refractivity contribution < 1.29 is 4.79 Å². The molecule has 0 radical (unpaired) electrons. The summed E-state index contributed by atoms with van der Waals surface area (Å²) in [5.74, 6) is 0. The Labute approximate surface area is 102 Å². The number of carbonyl (C=O) groups is 1. The van der Waals surface area contributed by atoms with E-state index in [1.165, 1.54) is 0 Å². The van der Waals surface area contributed by atoms with Crippen LogP contribution in [0.3, 0.4) is 0 Å². The first-order chi connectivity index (χ1) is 7.65. The smallest absolute Gasteiger partial charge is 0.153 e. The molecule has 0 unspecified atom stereocenters. The van der Waals surface area contributed by atoms with Crippen molar-refractivity contribution in [3.8, 4) is 0 Å². The Morgan fingerprint density at radius 2 is 2.00 bits per heavy atom. The molecular formula is C13H18ClNO. The Morgan fingerprint density at radius 3 is 2.50 bits per heavy atom. The van der Waals surface area contributed by atoms with Gasteiger partial charge in [0.1, 0.15) is 0 Å². The first kappa shape index (κ1) is 13.0. The number of carbonyl (C=O) groups excluding carboxylic acids is 1. The van der Waals surface area contributed by atoms with Gasteiger partial charge in [0, 0.05) is 18.8 Å². The average molecular weight is 240 g/mol. The van der Waals surface area contributed by atoms with E-state index in [1.807, 2.05) is 19.2 Å². The van der Waals surface area contributed by atoms with E-state index in [1.54, 1.807) is 6.07 Å². The fourth-order valence-electron chi connectivity index (χ4n) is 1.98. The number of halogens is 1. The van der Waals surface area contributed by atoms with E-state index < -0.39 is 0 Å². The highest BCUT2D eigenvalue weighted by Crippen LogP contribution is 2.27. The van der Waals surface area contributed by atoms with Crippen molar-refractivity contribution in [3.63, 3.8) is 0 Å². The molecule has 0 aliphatic rings. The van der Waals surface area contributed by atoms with Gasteiger partial charge in [0.05, 0.1) is 10.6 Å². The third kappa shape index (κ3) is 2.56. The third-order valence-corrected chi connectivity index (χ3v) is 3.35. The Bertz CT molecular complexity index is 361. The normalized spacial score (nSPS) is 10.6. The molecule has 88 valence electrons. The number of hydrogen-bond donors (Lipinski definition) is 0. The van der Waals surface area contributed by atoms with Gasteiger partial charge in [-0.05, 0) is 25.0 Å². The molecule has 0 spiro atoms. The summed E-state index contributed by atoms with van der Waals surface area (Å²) in [4.78, 5) is 13.2. The number of anilines is 1. The van der Waals surface area contributed by atoms with Gasteiger partial charge in [-0.3, -0.25) is 4.79 Å². The molecule has 1 aromatic rings. The van der Waals surface area contributed by atoms with Crippen LogP contribution in [0.4, 0.5) is 5.69 Å². The van der Waals surface area contributed by atoms with Gasteiger partial charge in [-0.15, -0.1) is 0 Å². The fourth-order valence-corrected chi connectivity index (χ4v) is 2.20. The summed E-state index contributed by atoms with van der Waals surface area (Å²) in [5, 5.41) is 0.519. The largest absolute Gasteiger partial charge is 0.371 e. The van der Waals surface area contributed by atoms with E-state index in [0.717, 1.165) is 24.8 Å². The highest BCUT2D eigenvalue weighted by Gasteiger charge is 2.15. The van der Waals surface area contributed by atoms with Crippen LogP contribution in [-0.2, 0) is 0 Å². The summed E-state index contributed by atoms with van der Waals surface area (Å²) in [6.45, 7) is 4.30. The van der Waals surface area contributed by atoms with Crippen molar-refractivity contribution in [1.82, 2.24) is 0 Å². The van der Waals surface area contributed by atoms with Gasteiger partial charge >= 0.3 is 0 Å². The number of nitrogens with zero attached hydrogens (tertiary/aromatic N) is 1. The molecule has 2 nitrogen and oxygen atoms in total. The molecule has 0 aliphatic heterocycles. The fraction of sp³-hybridized carbons (Fsp3) is 0.462. The summed E-state index contributed by atoms with van der Waals surface area (Å²) in [5.41, 5.74) is 1.50. The van der Waals surface area contributed by atoms with E-state index >= 15 is 0 Å². The second-order valence-electron chi connectivity index (χ2n) is 3.87. The molecule has 0 aromatic heterocycles. The van der Waals surface area contributed by atoms with Gasteiger partial charge in [0.15, 0.2) is 6.29 Å². The summed E-state index contributed by atoms with van der Waals surface area (Å²) in [6.07, 6.45) is 2.94. The average Bonchev–Trinajstić information content (AvgIpc) is 2.30. The lowest BCUT2D eigenvalue weighted by atomic mass is 10.1. The predicted octanol–water partition coefficient (Wildman–Crippen LogP) is 3.78. The van der Waals surface area contributed by atoms with Gasteiger partial charge in [0.2, 0.25) is 0 Å². The maximum absolute atomic E-state index is 11.0. The molecular weight excluding hydrogens is 222 g/mol. The van der Waals surface area contributed by atoms with E-state index in [2.05, 4.69) is 18.7 Å². The highest BCUT2D eigenvalue weighted by molar-refractivity contribution is 6.33. The molecule has 1 aromatic carbocycles. The van der Waals surface area contributed by atoms with E-state index in [9.17, 15) is 4.79 Å². The lowest BCUT2D eigenvalue weighted by Crippen LogP contribution is -2.31. The van der Waals surface area contributed by atoms with Crippen LogP contribution in [0, 0.1) is 0 Å². The molecule has 1 rings (SSSR count). The number of rotatable bonds is 5. The molecule has 3 heteroatoms. The third-order valence-electron chi connectivity index (χ3n) is 3.02. The number of benzene rings is 1. The van der Waals surface area contributed by atoms with Crippen molar-refractivity contribution in [2.24, 2.45) is 0 Å². The maximum atomic E-state index is 11.0. The zero-order chi connectivity index (χ0) is 12.1.